The number of benzene rings is 1. The van der Waals surface area contributed by atoms with Crippen LogP contribution in [0.3, 0.4) is 0 Å². The Morgan fingerprint density at radius 2 is 1.56 bits per heavy atom. The smallest absolute Gasteiger partial charge is 0.405 e. The Hall–Kier alpha value is -0.315. The van der Waals surface area contributed by atoms with Gasteiger partial charge >= 0.3 is 7.12 Å². The highest BCUT2D eigenvalue weighted by Crippen LogP contribution is 2.28. The van der Waals surface area contributed by atoms with Crippen molar-refractivity contribution in [2.45, 2.75) is 39.5 Å². The lowest BCUT2D eigenvalue weighted by molar-refractivity contribution is 0.365. The third-order valence-corrected chi connectivity index (χ3v) is 4.01. The van der Waals surface area contributed by atoms with E-state index in [-0.39, 0.29) is 7.12 Å². The molecule has 0 amide bonds. The minimum atomic E-state index is -0.187. The zero-order valence-electron chi connectivity index (χ0n) is 11.5. The molecular weight excluding hydrogens is 291 g/mol. The molecule has 98 valence electrons. The van der Waals surface area contributed by atoms with Gasteiger partial charge in [-0.05, 0) is 34.5 Å². The maximum atomic E-state index is 5.67. The van der Waals surface area contributed by atoms with Crippen LogP contribution in [0.15, 0.2) is 16.6 Å². The van der Waals surface area contributed by atoms with E-state index in [4.69, 9.17) is 9.31 Å². The first-order chi connectivity index (χ1) is 8.50. The Morgan fingerprint density at radius 1 is 1.00 bits per heavy atom. The Kier molecular flexibility index (Phi) is 4.52. The van der Waals surface area contributed by atoms with E-state index in [2.05, 4.69) is 55.8 Å². The van der Waals surface area contributed by atoms with Gasteiger partial charge in [0.2, 0.25) is 0 Å². The Labute approximate surface area is 118 Å². The van der Waals surface area contributed by atoms with Gasteiger partial charge in [0.1, 0.15) is 0 Å². The second-order valence-electron chi connectivity index (χ2n) is 5.39. The van der Waals surface area contributed by atoms with Crippen molar-refractivity contribution in [3.05, 3.63) is 27.7 Å². The van der Waals surface area contributed by atoms with Gasteiger partial charge in [-0.2, -0.15) is 0 Å². The third-order valence-electron chi connectivity index (χ3n) is 3.32. The van der Waals surface area contributed by atoms with Crippen LogP contribution in [0.5, 0.6) is 0 Å². The van der Waals surface area contributed by atoms with Crippen molar-refractivity contribution in [3.8, 4) is 0 Å². The molecule has 0 bridgehead atoms. The summed E-state index contributed by atoms with van der Waals surface area (Å²) in [7, 11) is -0.187. The molecule has 1 heterocycles. The van der Waals surface area contributed by atoms with Crippen LogP contribution in [0.2, 0.25) is 0 Å². The lowest BCUT2D eigenvalue weighted by Crippen LogP contribution is -2.35. The van der Waals surface area contributed by atoms with E-state index < -0.39 is 0 Å². The van der Waals surface area contributed by atoms with Gasteiger partial charge in [0.15, 0.2) is 0 Å². The average Bonchev–Trinajstić information content (AvgIpc) is 2.81. The van der Waals surface area contributed by atoms with E-state index in [0.717, 1.165) is 0 Å². The molecule has 4 heteroatoms. The molecular formula is C14H20BBrO2. The predicted molar refractivity (Wildman–Crippen MR) is 79.6 cm³/mol. The molecule has 0 atom stereocenters. The van der Waals surface area contributed by atoms with Crippen LogP contribution in [0.25, 0.3) is 0 Å². The second kappa shape index (κ2) is 5.76. The quantitative estimate of drug-likeness (QED) is 0.796. The normalized spacial score (nSPS) is 16.1. The van der Waals surface area contributed by atoms with Crippen LogP contribution in [-0.4, -0.2) is 20.3 Å². The summed E-state index contributed by atoms with van der Waals surface area (Å²) in [5.74, 6) is 0.950. The average molecular weight is 311 g/mol. The fraction of sp³-hybridized carbons (Fsp3) is 0.571. The van der Waals surface area contributed by atoms with Crippen molar-refractivity contribution in [2.75, 3.05) is 13.2 Å². The van der Waals surface area contributed by atoms with Crippen LogP contribution >= 0.6 is 15.9 Å². The number of halogens is 1. The highest BCUT2D eigenvalue weighted by atomic mass is 79.9. The zero-order chi connectivity index (χ0) is 13.3. The topological polar surface area (TPSA) is 18.5 Å². The Bertz CT molecular complexity index is 426. The molecule has 18 heavy (non-hydrogen) atoms. The SMILES string of the molecule is CC(C)c1cc(B2OCCO2)c(C(C)C)cc1Br. The van der Waals surface area contributed by atoms with Crippen LogP contribution < -0.4 is 5.46 Å². The van der Waals surface area contributed by atoms with Crippen LogP contribution in [0.1, 0.15) is 50.7 Å². The fourth-order valence-electron chi connectivity index (χ4n) is 2.31. The van der Waals surface area contributed by atoms with E-state index >= 15 is 0 Å². The first-order valence-corrected chi connectivity index (χ1v) is 7.36. The molecule has 0 spiro atoms. The summed E-state index contributed by atoms with van der Waals surface area (Å²) < 4.78 is 12.5. The minimum Gasteiger partial charge on any atom is -0.405 e. The van der Waals surface area contributed by atoms with E-state index in [9.17, 15) is 0 Å². The van der Waals surface area contributed by atoms with Gasteiger partial charge in [-0.15, -0.1) is 0 Å². The predicted octanol–water partition coefficient (Wildman–Crippen LogP) is 3.44. The summed E-state index contributed by atoms with van der Waals surface area (Å²) in [5, 5.41) is 0. The van der Waals surface area contributed by atoms with Crippen molar-refractivity contribution in [1.29, 1.82) is 0 Å². The number of rotatable bonds is 3. The fourth-order valence-corrected chi connectivity index (χ4v) is 3.13. The molecule has 1 aliphatic heterocycles. The highest BCUT2D eigenvalue weighted by molar-refractivity contribution is 9.10. The molecule has 0 aromatic heterocycles. The summed E-state index contributed by atoms with van der Waals surface area (Å²) >= 11 is 3.68. The molecule has 2 rings (SSSR count). The number of hydrogen-bond acceptors (Lipinski definition) is 2. The molecule has 1 aromatic rings. The van der Waals surface area contributed by atoms with E-state index in [1.165, 1.54) is 21.1 Å². The van der Waals surface area contributed by atoms with Gasteiger partial charge in [-0.3, -0.25) is 0 Å². The molecule has 0 aliphatic carbocycles. The van der Waals surface area contributed by atoms with E-state index in [1.54, 1.807) is 0 Å². The van der Waals surface area contributed by atoms with Gasteiger partial charge in [-0.25, -0.2) is 0 Å². The molecule has 0 saturated carbocycles. The van der Waals surface area contributed by atoms with E-state index in [0.29, 0.717) is 25.0 Å². The maximum Gasteiger partial charge on any atom is 0.494 e. The first-order valence-electron chi connectivity index (χ1n) is 6.57. The highest BCUT2D eigenvalue weighted by Gasteiger charge is 2.30. The Morgan fingerprint density at radius 3 is 2.06 bits per heavy atom. The van der Waals surface area contributed by atoms with Gasteiger partial charge in [-0.1, -0.05) is 49.7 Å². The molecule has 2 nitrogen and oxygen atoms in total. The van der Waals surface area contributed by atoms with Gasteiger partial charge in [0.25, 0.3) is 0 Å². The summed E-state index contributed by atoms with van der Waals surface area (Å²) in [6, 6.07) is 4.46. The van der Waals surface area contributed by atoms with E-state index in [1.807, 2.05) is 0 Å². The molecule has 1 aliphatic rings. The minimum absolute atomic E-state index is 0.187. The molecule has 0 radical (unpaired) electrons. The second-order valence-corrected chi connectivity index (χ2v) is 6.24. The molecule has 1 saturated heterocycles. The maximum absolute atomic E-state index is 5.67. The molecule has 0 N–H and O–H groups in total. The summed E-state index contributed by atoms with van der Waals surface area (Å²) in [4.78, 5) is 0. The summed E-state index contributed by atoms with van der Waals surface area (Å²) in [5.41, 5.74) is 3.81. The van der Waals surface area contributed by atoms with Crippen molar-refractivity contribution in [3.63, 3.8) is 0 Å². The molecule has 0 unspecified atom stereocenters. The zero-order valence-corrected chi connectivity index (χ0v) is 13.1. The van der Waals surface area contributed by atoms with Crippen molar-refractivity contribution in [1.82, 2.24) is 0 Å². The Balaban J connectivity index is 2.48. The largest absolute Gasteiger partial charge is 0.494 e. The van der Waals surface area contributed by atoms with Crippen molar-refractivity contribution in [2.24, 2.45) is 0 Å². The summed E-state index contributed by atoms with van der Waals surface area (Å²) in [6.45, 7) is 10.2. The molecule has 1 aromatic carbocycles. The lowest BCUT2D eigenvalue weighted by atomic mass is 9.72. The van der Waals surface area contributed by atoms with Crippen LogP contribution in [0.4, 0.5) is 0 Å². The molecule has 1 fully saturated rings. The van der Waals surface area contributed by atoms with Crippen LogP contribution in [0, 0.1) is 0 Å². The first kappa shape index (κ1) is 14.1. The van der Waals surface area contributed by atoms with Gasteiger partial charge < -0.3 is 9.31 Å². The third kappa shape index (κ3) is 2.81. The summed E-state index contributed by atoms with van der Waals surface area (Å²) in [6.07, 6.45) is 0. The van der Waals surface area contributed by atoms with Gasteiger partial charge in [0, 0.05) is 4.47 Å². The lowest BCUT2D eigenvalue weighted by Gasteiger charge is -2.19. The standard InChI is InChI=1S/C14H20BBrO2/c1-9(2)11-8-14(16)12(10(3)4)7-13(11)15-17-5-6-18-15/h7-10H,5-6H2,1-4H3. The van der Waals surface area contributed by atoms with Crippen molar-refractivity contribution >= 4 is 28.5 Å². The van der Waals surface area contributed by atoms with Crippen LogP contribution in [-0.2, 0) is 9.31 Å². The van der Waals surface area contributed by atoms with Crippen molar-refractivity contribution < 1.29 is 9.31 Å². The monoisotopic (exact) mass is 310 g/mol. The van der Waals surface area contributed by atoms with Gasteiger partial charge in [0.05, 0.1) is 13.2 Å². The number of hydrogen-bond donors (Lipinski definition) is 0.